The zero-order valence-electron chi connectivity index (χ0n) is 12.2. The summed E-state index contributed by atoms with van der Waals surface area (Å²) >= 11 is 1.67. The largest absolute Gasteiger partial charge is 0.481 e. The van der Waals surface area contributed by atoms with Crippen molar-refractivity contribution in [1.82, 2.24) is 5.32 Å². The Morgan fingerprint density at radius 2 is 1.90 bits per heavy atom. The molecule has 1 aromatic heterocycles. The Morgan fingerprint density at radius 1 is 1.24 bits per heavy atom. The molecule has 0 aliphatic heterocycles. The predicted molar refractivity (Wildman–Crippen MR) is 83.3 cm³/mol. The monoisotopic (exact) mass is 305 g/mol. The summed E-state index contributed by atoms with van der Waals surface area (Å²) in [6.07, 6.45) is 7.14. The minimum atomic E-state index is -0.704. The number of rotatable bonds is 5. The van der Waals surface area contributed by atoms with E-state index in [0.29, 0.717) is 6.04 Å². The summed E-state index contributed by atoms with van der Waals surface area (Å²) < 4.78 is 0. The molecule has 4 aliphatic carbocycles. The Bertz CT molecular complexity index is 485. The Kier molecular flexibility index (Phi) is 3.54. The fraction of sp³-hybridized carbons (Fsp3) is 0.706. The molecule has 0 amide bonds. The Labute approximate surface area is 129 Å². The first-order valence-electron chi connectivity index (χ1n) is 8.20. The van der Waals surface area contributed by atoms with Gasteiger partial charge in [0.1, 0.15) is 0 Å². The molecule has 0 spiro atoms. The average molecular weight is 305 g/mol. The molecule has 1 heterocycles. The van der Waals surface area contributed by atoms with E-state index < -0.39 is 5.97 Å². The van der Waals surface area contributed by atoms with Gasteiger partial charge in [0.15, 0.2) is 0 Å². The van der Waals surface area contributed by atoms with Crippen LogP contribution in [-0.4, -0.2) is 17.1 Å². The third kappa shape index (κ3) is 2.64. The number of aliphatic carboxylic acids is 1. The summed E-state index contributed by atoms with van der Waals surface area (Å²) in [5.74, 6) is 2.80. The van der Waals surface area contributed by atoms with Crippen molar-refractivity contribution in [3.63, 3.8) is 0 Å². The highest BCUT2D eigenvalue weighted by molar-refractivity contribution is 7.10. The van der Waals surface area contributed by atoms with Crippen molar-refractivity contribution in [2.24, 2.45) is 23.7 Å². The van der Waals surface area contributed by atoms with Crippen LogP contribution in [-0.2, 0) is 4.79 Å². The van der Waals surface area contributed by atoms with Crippen LogP contribution in [0.25, 0.3) is 0 Å². The zero-order chi connectivity index (χ0) is 14.4. The van der Waals surface area contributed by atoms with Crippen molar-refractivity contribution in [2.45, 2.75) is 50.6 Å². The van der Waals surface area contributed by atoms with Crippen molar-refractivity contribution in [3.05, 3.63) is 22.4 Å². The fourth-order valence-electron chi connectivity index (χ4n) is 5.34. The van der Waals surface area contributed by atoms with Crippen molar-refractivity contribution in [2.75, 3.05) is 0 Å². The van der Waals surface area contributed by atoms with E-state index in [-0.39, 0.29) is 12.5 Å². The molecule has 5 rings (SSSR count). The van der Waals surface area contributed by atoms with Gasteiger partial charge in [-0.2, -0.15) is 0 Å². The summed E-state index contributed by atoms with van der Waals surface area (Å²) in [7, 11) is 0. The third-order valence-electron chi connectivity index (χ3n) is 5.89. The molecule has 4 bridgehead atoms. The molecular formula is C17H23NO2S. The van der Waals surface area contributed by atoms with Crippen LogP contribution in [0.4, 0.5) is 0 Å². The zero-order valence-corrected chi connectivity index (χ0v) is 13.0. The average Bonchev–Trinajstić information content (AvgIpc) is 2.94. The summed E-state index contributed by atoms with van der Waals surface area (Å²) in [6.45, 7) is 0. The molecular weight excluding hydrogens is 282 g/mol. The maximum absolute atomic E-state index is 11.2. The predicted octanol–water partition coefficient (Wildman–Crippen LogP) is 3.68. The summed E-state index contributed by atoms with van der Waals surface area (Å²) in [4.78, 5) is 12.4. The topological polar surface area (TPSA) is 49.3 Å². The molecule has 1 aromatic rings. The number of carboxylic acid groups (broad SMARTS) is 1. The summed E-state index contributed by atoms with van der Waals surface area (Å²) in [5.41, 5.74) is 0. The van der Waals surface area contributed by atoms with E-state index in [1.54, 1.807) is 11.3 Å². The van der Waals surface area contributed by atoms with Crippen LogP contribution in [0.5, 0.6) is 0 Å². The lowest BCUT2D eigenvalue weighted by molar-refractivity contribution is -0.137. The molecule has 0 aromatic carbocycles. The molecule has 4 fully saturated rings. The summed E-state index contributed by atoms with van der Waals surface area (Å²) in [5, 5.41) is 15.0. The van der Waals surface area contributed by atoms with E-state index in [4.69, 9.17) is 0 Å². The summed E-state index contributed by atoms with van der Waals surface area (Å²) in [6, 6.07) is 4.63. The Morgan fingerprint density at radius 3 is 2.43 bits per heavy atom. The van der Waals surface area contributed by atoms with E-state index in [1.165, 1.54) is 37.0 Å². The van der Waals surface area contributed by atoms with Gasteiger partial charge in [0.05, 0.1) is 12.5 Å². The van der Waals surface area contributed by atoms with Crippen molar-refractivity contribution < 1.29 is 9.90 Å². The van der Waals surface area contributed by atoms with Gasteiger partial charge in [-0.3, -0.25) is 4.79 Å². The second-order valence-corrected chi connectivity index (χ2v) is 8.27. The molecule has 4 aliphatic rings. The number of hydrogen-bond donors (Lipinski definition) is 2. The van der Waals surface area contributed by atoms with E-state index in [0.717, 1.165) is 23.7 Å². The Hall–Kier alpha value is -0.870. The van der Waals surface area contributed by atoms with Crippen LogP contribution in [0.2, 0.25) is 0 Å². The highest BCUT2D eigenvalue weighted by Crippen LogP contribution is 2.54. The standard InChI is InChI=1S/C17H23NO2S/c19-16(20)9-14(15-2-1-3-21-15)18-17-12-5-10-4-11(7-12)8-13(17)6-10/h1-3,10-14,17-18H,4-9H2,(H,19,20). The second kappa shape index (κ2) is 5.40. The van der Waals surface area contributed by atoms with Gasteiger partial charge >= 0.3 is 5.97 Å². The van der Waals surface area contributed by atoms with Crippen LogP contribution < -0.4 is 5.32 Å². The minimum absolute atomic E-state index is 0.00923. The van der Waals surface area contributed by atoms with Crippen LogP contribution in [0, 0.1) is 23.7 Å². The van der Waals surface area contributed by atoms with Crippen LogP contribution in [0.15, 0.2) is 17.5 Å². The van der Waals surface area contributed by atoms with Crippen LogP contribution in [0.3, 0.4) is 0 Å². The second-order valence-electron chi connectivity index (χ2n) is 7.29. The lowest BCUT2D eigenvalue weighted by Gasteiger charge is -2.55. The third-order valence-corrected chi connectivity index (χ3v) is 6.87. The van der Waals surface area contributed by atoms with Gasteiger partial charge in [-0.25, -0.2) is 0 Å². The van der Waals surface area contributed by atoms with Crippen molar-refractivity contribution >= 4 is 17.3 Å². The number of carboxylic acids is 1. The van der Waals surface area contributed by atoms with Gasteiger partial charge < -0.3 is 10.4 Å². The molecule has 1 atom stereocenters. The van der Waals surface area contributed by atoms with Gasteiger partial charge in [-0.1, -0.05) is 6.07 Å². The molecule has 4 saturated carbocycles. The van der Waals surface area contributed by atoms with E-state index in [9.17, 15) is 9.90 Å². The first-order valence-corrected chi connectivity index (χ1v) is 9.08. The molecule has 3 nitrogen and oxygen atoms in total. The highest BCUT2D eigenvalue weighted by Gasteiger charge is 2.48. The first kappa shape index (κ1) is 13.8. The molecule has 4 heteroatoms. The van der Waals surface area contributed by atoms with Crippen molar-refractivity contribution in [3.8, 4) is 0 Å². The molecule has 0 saturated heterocycles. The van der Waals surface area contributed by atoms with Gasteiger partial charge in [-0.15, -0.1) is 11.3 Å². The lowest BCUT2D eigenvalue weighted by atomic mass is 9.54. The smallest absolute Gasteiger partial charge is 0.305 e. The van der Waals surface area contributed by atoms with Gasteiger partial charge in [0, 0.05) is 10.9 Å². The molecule has 114 valence electrons. The molecule has 1 unspecified atom stereocenters. The van der Waals surface area contributed by atoms with Crippen LogP contribution >= 0.6 is 11.3 Å². The van der Waals surface area contributed by atoms with Gasteiger partial charge in [0.25, 0.3) is 0 Å². The number of nitrogens with one attached hydrogen (secondary N) is 1. The molecule has 0 radical (unpaired) electrons. The van der Waals surface area contributed by atoms with Gasteiger partial charge in [0.2, 0.25) is 0 Å². The number of thiophene rings is 1. The lowest BCUT2D eigenvalue weighted by Crippen LogP contribution is -2.55. The fourth-order valence-corrected chi connectivity index (χ4v) is 6.12. The number of hydrogen-bond acceptors (Lipinski definition) is 3. The normalized spacial score (nSPS) is 38.6. The highest BCUT2D eigenvalue weighted by atomic mass is 32.1. The number of carbonyl (C=O) groups is 1. The Balaban J connectivity index is 1.51. The SMILES string of the molecule is O=C(O)CC(NC1C2CC3CC(C2)CC1C3)c1cccs1. The maximum Gasteiger partial charge on any atom is 0.305 e. The van der Waals surface area contributed by atoms with Gasteiger partial charge in [-0.05, 0) is 67.2 Å². The maximum atomic E-state index is 11.2. The van der Waals surface area contributed by atoms with E-state index in [1.807, 2.05) is 11.4 Å². The minimum Gasteiger partial charge on any atom is -0.481 e. The molecule has 21 heavy (non-hydrogen) atoms. The van der Waals surface area contributed by atoms with Crippen LogP contribution in [0.1, 0.15) is 49.4 Å². The van der Waals surface area contributed by atoms with E-state index >= 15 is 0 Å². The van der Waals surface area contributed by atoms with Crippen molar-refractivity contribution in [1.29, 1.82) is 0 Å². The first-order chi connectivity index (χ1) is 10.2. The quantitative estimate of drug-likeness (QED) is 0.872. The van der Waals surface area contributed by atoms with E-state index in [2.05, 4.69) is 11.4 Å². The molecule has 2 N–H and O–H groups in total.